The van der Waals surface area contributed by atoms with E-state index in [1.807, 2.05) is 0 Å². The van der Waals surface area contributed by atoms with E-state index < -0.39 is 5.97 Å². The number of carboxylic acid groups (broad SMARTS) is 1. The predicted octanol–water partition coefficient (Wildman–Crippen LogP) is 5.06. The SMILES string of the molecule is CCOC(=O)c1ccc(-c2ccc(/C=C3\SC(=Nc4ccc(C(=O)O)cc4)N(C)C3=O)o2)cc1. The van der Waals surface area contributed by atoms with Crippen LogP contribution in [-0.4, -0.2) is 46.7 Å². The third kappa shape index (κ3) is 4.94. The zero-order valence-corrected chi connectivity index (χ0v) is 19.2. The first-order valence-corrected chi connectivity index (χ1v) is 11.1. The van der Waals surface area contributed by atoms with Crippen LogP contribution >= 0.6 is 11.8 Å². The fourth-order valence-corrected chi connectivity index (χ4v) is 4.11. The highest BCUT2D eigenvalue weighted by molar-refractivity contribution is 8.18. The number of aliphatic imine (C=N–C) groups is 1. The second-order valence-corrected chi connectivity index (χ2v) is 8.23. The molecule has 2 aromatic carbocycles. The van der Waals surface area contributed by atoms with Crippen LogP contribution in [0.1, 0.15) is 33.4 Å². The maximum Gasteiger partial charge on any atom is 0.338 e. The van der Waals surface area contributed by atoms with Gasteiger partial charge in [0.15, 0.2) is 5.17 Å². The average Bonchev–Trinajstić information content (AvgIpc) is 3.40. The van der Waals surface area contributed by atoms with Crippen molar-refractivity contribution in [2.45, 2.75) is 6.92 Å². The zero-order chi connectivity index (χ0) is 24.2. The smallest absolute Gasteiger partial charge is 0.338 e. The zero-order valence-electron chi connectivity index (χ0n) is 18.3. The van der Waals surface area contributed by atoms with E-state index in [2.05, 4.69) is 4.99 Å². The van der Waals surface area contributed by atoms with Gasteiger partial charge >= 0.3 is 11.9 Å². The highest BCUT2D eigenvalue weighted by Crippen LogP contribution is 2.34. The number of thioether (sulfide) groups is 1. The first kappa shape index (κ1) is 23.1. The largest absolute Gasteiger partial charge is 0.478 e. The second kappa shape index (κ2) is 9.80. The van der Waals surface area contributed by atoms with E-state index in [1.54, 1.807) is 68.6 Å². The molecule has 2 heterocycles. The van der Waals surface area contributed by atoms with E-state index in [1.165, 1.54) is 28.8 Å². The number of esters is 1. The van der Waals surface area contributed by atoms with Crippen molar-refractivity contribution in [3.63, 3.8) is 0 Å². The second-order valence-electron chi connectivity index (χ2n) is 7.22. The summed E-state index contributed by atoms with van der Waals surface area (Å²) in [5.41, 5.74) is 1.95. The van der Waals surface area contributed by atoms with E-state index >= 15 is 0 Å². The van der Waals surface area contributed by atoms with Crippen molar-refractivity contribution < 1.29 is 28.6 Å². The molecular formula is C25H20N2O6S. The summed E-state index contributed by atoms with van der Waals surface area (Å²) in [6.45, 7) is 2.07. The molecule has 0 unspecified atom stereocenters. The molecule has 1 amide bonds. The normalized spacial score (nSPS) is 15.8. The molecule has 9 heteroatoms. The minimum Gasteiger partial charge on any atom is -0.478 e. The van der Waals surface area contributed by atoms with Crippen LogP contribution in [0, 0.1) is 0 Å². The number of benzene rings is 2. The third-order valence-corrected chi connectivity index (χ3v) is 5.98. The Bertz CT molecular complexity index is 1310. The Balaban J connectivity index is 1.51. The van der Waals surface area contributed by atoms with Crippen molar-refractivity contribution >= 4 is 46.5 Å². The average molecular weight is 477 g/mol. The van der Waals surface area contributed by atoms with Gasteiger partial charge in [-0.05, 0) is 67.2 Å². The third-order valence-electron chi connectivity index (χ3n) is 4.92. The Kier molecular flexibility index (Phi) is 6.65. The van der Waals surface area contributed by atoms with Crippen LogP contribution < -0.4 is 0 Å². The lowest BCUT2D eigenvalue weighted by atomic mass is 10.1. The van der Waals surface area contributed by atoms with E-state index in [4.69, 9.17) is 14.3 Å². The molecule has 0 aliphatic carbocycles. The van der Waals surface area contributed by atoms with Crippen LogP contribution in [0.4, 0.5) is 5.69 Å². The number of carboxylic acids is 1. The molecule has 0 saturated carbocycles. The van der Waals surface area contributed by atoms with Gasteiger partial charge in [-0.1, -0.05) is 12.1 Å². The van der Waals surface area contributed by atoms with Crippen LogP contribution in [0.25, 0.3) is 17.4 Å². The molecule has 34 heavy (non-hydrogen) atoms. The van der Waals surface area contributed by atoms with E-state index in [0.29, 0.717) is 39.5 Å². The van der Waals surface area contributed by atoms with Gasteiger partial charge in [0.05, 0.1) is 28.3 Å². The van der Waals surface area contributed by atoms with E-state index in [0.717, 1.165) is 5.56 Å². The molecule has 1 fully saturated rings. The van der Waals surface area contributed by atoms with Gasteiger partial charge in [-0.15, -0.1) is 0 Å². The van der Waals surface area contributed by atoms with E-state index in [9.17, 15) is 14.4 Å². The quantitative estimate of drug-likeness (QED) is 0.391. The van der Waals surface area contributed by atoms with Gasteiger partial charge in [-0.25, -0.2) is 14.6 Å². The fourth-order valence-electron chi connectivity index (χ4n) is 3.14. The molecule has 1 saturated heterocycles. The number of likely N-dealkylation sites (N-methyl/N-ethyl adjacent to an activating group) is 1. The summed E-state index contributed by atoms with van der Waals surface area (Å²) >= 11 is 1.20. The van der Waals surface area contributed by atoms with Crippen LogP contribution in [0.3, 0.4) is 0 Å². The number of furan rings is 1. The van der Waals surface area contributed by atoms with Gasteiger partial charge in [0.25, 0.3) is 5.91 Å². The molecule has 1 aromatic heterocycles. The Morgan fingerprint density at radius 2 is 1.74 bits per heavy atom. The summed E-state index contributed by atoms with van der Waals surface area (Å²) < 4.78 is 10.9. The van der Waals surface area contributed by atoms with Gasteiger partial charge in [-0.3, -0.25) is 9.69 Å². The summed E-state index contributed by atoms with van der Waals surface area (Å²) in [6.07, 6.45) is 1.65. The maximum absolute atomic E-state index is 12.7. The van der Waals surface area contributed by atoms with Crippen molar-refractivity contribution in [2.75, 3.05) is 13.7 Å². The Labute approximate surface area is 199 Å². The molecule has 0 spiro atoms. The van der Waals surface area contributed by atoms with Gasteiger partial charge < -0.3 is 14.3 Å². The molecule has 8 nitrogen and oxygen atoms in total. The lowest BCUT2D eigenvalue weighted by Crippen LogP contribution is -2.23. The molecule has 0 bridgehead atoms. The van der Waals surface area contributed by atoms with E-state index in [-0.39, 0.29) is 17.4 Å². The summed E-state index contributed by atoms with van der Waals surface area (Å²) in [6, 6.07) is 16.5. The first-order chi connectivity index (χ1) is 16.4. The number of ether oxygens (including phenoxy) is 1. The molecule has 1 N–H and O–H groups in total. The summed E-state index contributed by atoms with van der Waals surface area (Å²) in [5.74, 6) is -0.517. The minimum absolute atomic E-state index is 0.164. The van der Waals surface area contributed by atoms with Gasteiger partial charge in [0.1, 0.15) is 11.5 Å². The molecule has 1 aliphatic heterocycles. The molecule has 0 radical (unpaired) electrons. The Hall–Kier alpha value is -4.11. The summed E-state index contributed by atoms with van der Waals surface area (Å²) in [7, 11) is 1.62. The molecule has 3 aromatic rings. The first-order valence-electron chi connectivity index (χ1n) is 10.3. The van der Waals surface area contributed by atoms with Gasteiger partial charge in [0, 0.05) is 18.7 Å². The van der Waals surface area contributed by atoms with Crippen molar-refractivity contribution in [2.24, 2.45) is 4.99 Å². The van der Waals surface area contributed by atoms with Crippen molar-refractivity contribution in [1.29, 1.82) is 0 Å². The number of nitrogens with zero attached hydrogens (tertiary/aromatic N) is 2. The fraction of sp³-hybridized carbons (Fsp3) is 0.120. The number of carbonyl (C=O) groups excluding carboxylic acids is 2. The van der Waals surface area contributed by atoms with Crippen LogP contribution in [0.15, 0.2) is 75.0 Å². The molecule has 1 aliphatic rings. The number of aromatic carboxylic acids is 1. The number of amidine groups is 1. The highest BCUT2D eigenvalue weighted by Gasteiger charge is 2.30. The molecule has 4 rings (SSSR count). The summed E-state index contributed by atoms with van der Waals surface area (Å²) in [4.78, 5) is 41.8. The molecule has 172 valence electrons. The number of rotatable bonds is 6. The lowest BCUT2D eigenvalue weighted by Gasteiger charge is -2.07. The van der Waals surface area contributed by atoms with Crippen LogP contribution in [0.2, 0.25) is 0 Å². The monoisotopic (exact) mass is 476 g/mol. The number of hydrogen-bond acceptors (Lipinski definition) is 7. The Morgan fingerprint density at radius 1 is 1.06 bits per heavy atom. The molecular weight excluding hydrogens is 456 g/mol. The van der Waals surface area contributed by atoms with Crippen molar-refractivity contribution in [3.05, 3.63) is 82.5 Å². The van der Waals surface area contributed by atoms with Gasteiger partial charge in [0.2, 0.25) is 0 Å². The summed E-state index contributed by atoms with van der Waals surface area (Å²) in [5, 5.41) is 9.48. The van der Waals surface area contributed by atoms with Crippen molar-refractivity contribution in [1.82, 2.24) is 4.90 Å². The number of amides is 1. The molecule has 0 atom stereocenters. The van der Waals surface area contributed by atoms with Crippen LogP contribution in [-0.2, 0) is 9.53 Å². The van der Waals surface area contributed by atoms with Crippen LogP contribution in [0.5, 0.6) is 0 Å². The topological polar surface area (TPSA) is 109 Å². The van der Waals surface area contributed by atoms with Gasteiger partial charge in [-0.2, -0.15) is 0 Å². The lowest BCUT2D eigenvalue weighted by molar-refractivity contribution is -0.121. The Morgan fingerprint density at radius 3 is 2.38 bits per heavy atom. The number of hydrogen-bond donors (Lipinski definition) is 1. The number of carbonyl (C=O) groups is 3. The highest BCUT2D eigenvalue weighted by atomic mass is 32.2. The minimum atomic E-state index is -1.01. The van der Waals surface area contributed by atoms with Crippen molar-refractivity contribution in [3.8, 4) is 11.3 Å². The standard InChI is InChI=1S/C25H20N2O6S/c1-3-32-24(31)17-6-4-15(5-7-17)20-13-12-19(33-20)14-21-22(28)27(2)25(34-21)26-18-10-8-16(9-11-18)23(29)30/h4-14H,3H2,1-2H3,(H,29,30)/b21-14-,26-25?. The predicted molar refractivity (Wildman–Crippen MR) is 129 cm³/mol. The maximum atomic E-state index is 12.7.